The molecule has 0 aliphatic carbocycles. The topological polar surface area (TPSA) is 24.5 Å². The molecule has 2 aliphatic heterocycles. The van der Waals surface area contributed by atoms with Crippen LogP contribution in [0.3, 0.4) is 0 Å². The van der Waals surface area contributed by atoms with Gasteiger partial charge in [0, 0.05) is 24.7 Å². The molecule has 2 atom stereocenters. The van der Waals surface area contributed by atoms with E-state index in [-0.39, 0.29) is 5.54 Å². The van der Waals surface area contributed by atoms with E-state index >= 15 is 0 Å². The second-order valence-corrected chi connectivity index (χ2v) is 6.43. The van der Waals surface area contributed by atoms with Crippen molar-refractivity contribution in [2.75, 3.05) is 26.8 Å². The van der Waals surface area contributed by atoms with Gasteiger partial charge in [0.25, 0.3) is 0 Å². The number of hydrogen-bond donors (Lipinski definition) is 1. The normalized spacial score (nSPS) is 34.3. The minimum Gasteiger partial charge on any atom is -0.383 e. The maximum absolute atomic E-state index is 5.49. The number of methoxy groups -OCH3 is 1. The lowest BCUT2D eigenvalue weighted by atomic mass is 9.85. The summed E-state index contributed by atoms with van der Waals surface area (Å²) in [6.07, 6.45) is 7.99. The molecule has 2 saturated heterocycles. The summed E-state index contributed by atoms with van der Waals surface area (Å²) in [5, 5.41) is 3.73. The molecule has 0 saturated carbocycles. The van der Waals surface area contributed by atoms with Crippen LogP contribution in [0.2, 0.25) is 0 Å². The van der Waals surface area contributed by atoms with Crippen molar-refractivity contribution < 1.29 is 4.74 Å². The van der Waals surface area contributed by atoms with E-state index in [4.69, 9.17) is 4.74 Å². The summed E-state index contributed by atoms with van der Waals surface area (Å²) < 4.78 is 5.49. The van der Waals surface area contributed by atoms with Crippen molar-refractivity contribution in [1.82, 2.24) is 10.2 Å². The van der Waals surface area contributed by atoms with Crippen molar-refractivity contribution in [1.29, 1.82) is 0 Å². The van der Waals surface area contributed by atoms with Crippen LogP contribution >= 0.6 is 0 Å². The summed E-state index contributed by atoms with van der Waals surface area (Å²) in [6.45, 7) is 7.99. The van der Waals surface area contributed by atoms with E-state index in [1.54, 1.807) is 0 Å². The average molecular weight is 254 g/mol. The summed E-state index contributed by atoms with van der Waals surface area (Å²) in [5.74, 6) is 0. The first-order valence-electron chi connectivity index (χ1n) is 7.66. The smallest absolute Gasteiger partial charge is 0.0645 e. The molecule has 2 aliphatic rings. The molecule has 2 heterocycles. The molecule has 1 N–H and O–H groups in total. The molecule has 2 unspecified atom stereocenters. The summed E-state index contributed by atoms with van der Waals surface area (Å²) in [5.41, 5.74) is 0.254. The van der Waals surface area contributed by atoms with Gasteiger partial charge in [-0.25, -0.2) is 0 Å². The second kappa shape index (κ2) is 6.36. The van der Waals surface area contributed by atoms with Gasteiger partial charge < -0.3 is 10.1 Å². The Kier molecular flexibility index (Phi) is 5.05. The van der Waals surface area contributed by atoms with Gasteiger partial charge in [-0.3, -0.25) is 4.90 Å². The molecule has 106 valence electrons. The van der Waals surface area contributed by atoms with Crippen LogP contribution in [-0.4, -0.2) is 49.3 Å². The molecule has 0 aromatic rings. The zero-order valence-corrected chi connectivity index (χ0v) is 12.4. The molecule has 2 fully saturated rings. The van der Waals surface area contributed by atoms with E-state index in [1.165, 1.54) is 45.1 Å². The average Bonchev–Trinajstić information content (AvgIpc) is 2.78. The molecule has 2 rings (SSSR count). The Morgan fingerprint density at radius 2 is 2.17 bits per heavy atom. The van der Waals surface area contributed by atoms with E-state index in [9.17, 15) is 0 Å². The fourth-order valence-corrected chi connectivity index (χ4v) is 3.87. The van der Waals surface area contributed by atoms with Crippen LogP contribution in [0.4, 0.5) is 0 Å². The van der Waals surface area contributed by atoms with Gasteiger partial charge in [-0.15, -0.1) is 0 Å². The van der Waals surface area contributed by atoms with Crippen molar-refractivity contribution in [3.05, 3.63) is 0 Å². The third-order valence-electron chi connectivity index (χ3n) is 4.72. The van der Waals surface area contributed by atoms with Crippen molar-refractivity contribution >= 4 is 0 Å². The van der Waals surface area contributed by atoms with Crippen molar-refractivity contribution in [3.8, 4) is 0 Å². The zero-order valence-electron chi connectivity index (χ0n) is 12.4. The summed E-state index contributed by atoms with van der Waals surface area (Å²) >= 11 is 0. The maximum atomic E-state index is 5.49. The van der Waals surface area contributed by atoms with Gasteiger partial charge in [0.15, 0.2) is 0 Å². The monoisotopic (exact) mass is 254 g/mol. The number of nitrogens with zero attached hydrogens (tertiary/aromatic N) is 1. The Bertz CT molecular complexity index is 249. The maximum Gasteiger partial charge on any atom is 0.0645 e. The van der Waals surface area contributed by atoms with Crippen LogP contribution in [0.15, 0.2) is 0 Å². The minimum atomic E-state index is 0.254. The lowest BCUT2D eigenvalue weighted by Gasteiger charge is -2.43. The highest BCUT2D eigenvalue weighted by atomic mass is 16.5. The minimum absolute atomic E-state index is 0.254. The first-order chi connectivity index (χ1) is 8.67. The first-order valence-corrected chi connectivity index (χ1v) is 7.66. The van der Waals surface area contributed by atoms with Crippen molar-refractivity contribution in [2.45, 2.75) is 70.0 Å². The molecule has 3 nitrogen and oxygen atoms in total. The van der Waals surface area contributed by atoms with Crippen LogP contribution in [-0.2, 0) is 4.74 Å². The Morgan fingerprint density at radius 1 is 1.33 bits per heavy atom. The fourth-order valence-electron chi connectivity index (χ4n) is 3.87. The quantitative estimate of drug-likeness (QED) is 0.815. The van der Waals surface area contributed by atoms with E-state index in [1.807, 2.05) is 7.11 Å². The molecule has 0 radical (unpaired) electrons. The van der Waals surface area contributed by atoms with Crippen LogP contribution < -0.4 is 5.32 Å². The van der Waals surface area contributed by atoms with Crippen LogP contribution in [0, 0.1) is 0 Å². The number of ether oxygens (including phenoxy) is 1. The highest BCUT2D eigenvalue weighted by Crippen LogP contribution is 2.31. The zero-order chi connectivity index (χ0) is 13.0. The summed E-state index contributed by atoms with van der Waals surface area (Å²) in [4.78, 5) is 2.71. The van der Waals surface area contributed by atoms with E-state index in [0.29, 0.717) is 6.04 Å². The van der Waals surface area contributed by atoms with E-state index < -0.39 is 0 Å². The molecule has 0 aromatic carbocycles. The van der Waals surface area contributed by atoms with Crippen molar-refractivity contribution in [3.63, 3.8) is 0 Å². The van der Waals surface area contributed by atoms with E-state index in [2.05, 4.69) is 24.1 Å². The lowest BCUT2D eigenvalue weighted by Crippen LogP contribution is -2.53. The van der Waals surface area contributed by atoms with Gasteiger partial charge in [0.05, 0.1) is 6.61 Å². The van der Waals surface area contributed by atoms with Gasteiger partial charge in [0.2, 0.25) is 0 Å². The highest BCUT2D eigenvalue weighted by Gasteiger charge is 2.38. The Morgan fingerprint density at radius 3 is 2.78 bits per heavy atom. The number of piperidine rings is 1. The van der Waals surface area contributed by atoms with Crippen LogP contribution in [0.1, 0.15) is 52.4 Å². The predicted octanol–water partition coefficient (Wildman–Crippen LogP) is 2.41. The summed E-state index contributed by atoms with van der Waals surface area (Å²) in [7, 11) is 1.84. The molecule has 0 spiro atoms. The summed E-state index contributed by atoms with van der Waals surface area (Å²) in [6, 6.07) is 1.43. The standard InChI is InChI=1S/C15H30N2O/c1-13(2)17-10-5-4-7-14(17)11-15(12-18-3)8-6-9-16-15/h13-14,16H,4-12H2,1-3H3. The van der Waals surface area contributed by atoms with Gasteiger partial charge >= 0.3 is 0 Å². The highest BCUT2D eigenvalue weighted by molar-refractivity contribution is 4.97. The number of hydrogen-bond acceptors (Lipinski definition) is 3. The van der Waals surface area contributed by atoms with Crippen molar-refractivity contribution in [2.24, 2.45) is 0 Å². The number of nitrogens with one attached hydrogen (secondary N) is 1. The Hall–Kier alpha value is -0.120. The van der Waals surface area contributed by atoms with Gasteiger partial charge in [0.1, 0.15) is 0 Å². The Labute approximate surface area is 112 Å². The Balaban J connectivity index is 2.00. The molecule has 0 amide bonds. The molecule has 3 heteroatoms. The molecular formula is C15H30N2O. The predicted molar refractivity (Wildman–Crippen MR) is 75.9 cm³/mol. The lowest BCUT2D eigenvalue weighted by molar-refractivity contribution is 0.0520. The first kappa shape index (κ1) is 14.3. The van der Waals surface area contributed by atoms with Gasteiger partial charge in [-0.1, -0.05) is 6.42 Å². The SMILES string of the molecule is COCC1(CC2CCCCN2C(C)C)CCCN1. The van der Waals surface area contributed by atoms with Crippen LogP contribution in [0.25, 0.3) is 0 Å². The second-order valence-electron chi connectivity index (χ2n) is 6.43. The molecule has 0 bridgehead atoms. The van der Waals surface area contributed by atoms with Gasteiger partial charge in [-0.2, -0.15) is 0 Å². The fraction of sp³-hybridized carbons (Fsp3) is 1.00. The van der Waals surface area contributed by atoms with E-state index in [0.717, 1.165) is 19.2 Å². The van der Waals surface area contributed by atoms with Crippen LogP contribution in [0.5, 0.6) is 0 Å². The molecule has 0 aromatic heterocycles. The van der Waals surface area contributed by atoms with Gasteiger partial charge in [-0.05, 0) is 59.0 Å². The third kappa shape index (κ3) is 3.25. The number of rotatable bonds is 5. The molecular weight excluding hydrogens is 224 g/mol. The number of likely N-dealkylation sites (tertiary alicyclic amines) is 1. The molecule has 18 heavy (non-hydrogen) atoms. The third-order valence-corrected chi connectivity index (χ3v) is 4.72. The largest absolute Gasteiger partial charge is 0.383 e.